The number of aldehydes is 1. The molecule has 0 saturated carbocycles. The molecule has 0 saturated heterocycles. The standard InChI is InChI=1S/C21H23N3O4/c1-4-17(26)21(23)24(14-7-5-13(11-25)6-8-14)20(22)16-9-15(12(2)3)18(27)10-19(16)28/h5-12,22-23,27-28H,4H2,1-3H3. The highest BCUT2D eigenvalue weighted by molar-refractivity contribution is 6.48. The first-order chi connectivity index (χ1) is 13.2. The Morgan fingerprint density at radius 2 is 1.71 bits per heavy atom. The van der Waals surface area contributed by atoms with Gasteiger partial charge in [0.15, 0.2) is 11.6 Å². The molecule has 0 fully saturated rings. The number of carbonyl (C=O) groups excluding carboxylic acids is 2. The molecule has 0 unspecified atom stereocenters. The Balaban J connectivity index is 2.61. The quantitative estimate of drug-likeness (QED) is 0.344. The van der Waals surface area contributed by atoms with Crippen LogP contribution in [0.1, 0.15) is 54.6 Å². The lowest BCUT2D eigenvalue weighted by molar-refractivity contribution is -0.112. The van der Waals surface area contributed by atoms with E-state index in [-0.39, 0.29) is 35.2 Å². The number of Topliss-reactive ketones (excluding diaryl/α,β-unsaturated/α-hetero) is 1. The molecule has 2 aromatic carbocycles. The largest absolute Gasteiger partial charge is 0.508 e. The van der Waals surface area contributed by atoms with E-state index in [1.165, 1.54) is 30.3 Å². The van der Waals surface area contributed by atoms with Gasteiger partial charge in [0.1, 0.15) is 23.6 Å². The monoisotopic (exact) mass is 381 g/mol. The van der Waals surface area contributed by atoms with E-state index >= 15 is 0 Å². The van der Waals surface area contributed by atoms with Crippen molar-refractivity contribution in [2.75, 3.05) is 4.90 Å². The summed E-state index contributed by atoms with van der Waals surface area (Å²) in [4.78, 5) is 24.2. The van der Waals surface area contributed by atoms with Gasteiger partial charge in [-0.1, -0.05) is 20.8 Å². The molecule has 2 rings (SSSR count). The summed E-state index contributed by atoms with van der Waals surface area (Å²) < 4.78 is 0. The summed E-state index contributed by atoms with van der Waals surface area (Å²) in [6.07, 6.45) is 0.747. The van der Waals surface area contributed by atoms with Crippen LogP contribution in [0.4, 0.5) is 5.69 Å². The number of hydrogen-bond acceptors (Lipinski definition) is 6. The maximum Gasteiger partial charge on any atom is 0.197 e. The average Bonchev–Trinajstić information content (AvgIpc) is 2.67. The zero-order valence-corrected chi connectivity index (χ0v) is 16.0. The molecule has 0 aliphatic rings. The van der Waals surface area contributed by atoms with Gasteiger partial charge in [-0.15, -0.1) is 0 Å². The first-order valence-electron chi connectivity index (χ1n) is 8.83. The Morgan fingerprint density at radius 1 is 1.11 bits per heavy atom. The van der Waals surface area contributed by atoms with E-state index in [1.807, 2.05) is 13.8 Å². The molecule has 2 aromatic rings. The van der Waals surface area contributed by atoms with Crippen LogP contribution in [0, 0.1) is 10.8 Å². The zero-order chi connectivity index (χ0) is 21.0. The predicted octanol–water partition coefficient (Wildman–Crippen LogP) is 3.82. The Morgan fingerprint density at radius 3 is 2.21 bits per heavy atom. The van der Waals surface area contributed by atoms with Crippen molar-refractivity contribution < 1.29 is 19.8 Å². The first kappa shape index (κ1) is 20.8. The lowest BCUT2D eigenvalue weighted by atomic mass is 9.98. The van der Waals surface area contributed by atoms with Crippen molar-refractivity contribution in [3.05, 3.63) is 53.1 Å². The number of nitrogens with one attached hydrogen (secondary N) is 2. The third-order valence-electron chi connectivity index (χ3n) is 4.34. The van der Waals surface area contributed by atoms with Gasteiger partial charge in [-0.25, -0.2) is 0 Å². The molecule has 0 aliphatic heterocycles. The molecule has 7 nitrogen and oxygen atoms in total. The number of benzene rings is 2. The van der Waals surface area contributed by atoms with E-state index in [2.05, 4.69) is 0 Å². The number of phenols is 2. The van der Waals surface area contributed by atoms with Crippen molar-refractivity contribution in [2.45, 2.75) is 33.1 Å². The number of aromatic hydroxyl groups is 2. The van der Waals surface area contributed by atoms with Gasteiger partial charge in [-0.05, 0) is 41.8 Å². The molecule has 0 aliphatic carbocycles. The number of anilines is 1. The Hall–Kier alpha value is -3.48. The highest BCUT2D eigenvalue weighted by Gasteiger charge is 2.26. The van der Waals surface area contributed by atoms with Crippen LogP contribution in [0.15, 0.2) is 36.4 Å². The Bertz CT molecular complexity index is 933. The number of ketones is 1. The number of amidine groups is 2. The summed E-state index contributed by atoms with van der Waals surface area (Å²) in [5.41, 5.74) is 1.36. The van der Waals surface area contributed by atoms with E-state index in [1.54, 1.807) is 6.92 Å². The summed E-state index contributed by atoms with van der Waals surface area (Å²) in [7, 11) is 0. The molecule has 4 N–H and O–H groups in total. The summed E-state index contributed by atoms with van der Waals surface area (Å²) in [6, 6.07) is 8.71. The molecular formula is C21H23N3O4. The first-order valence-corrected chi connectivity index (χ1v) is 8.83. The van der Waals surface area contributed by atoms with Crippen LogP contribution in [-0.4, -0.2) is 34.0 Å². The van der Waals surface area contributed by atoms with Gasteiger partial charge >= 0.3 is 0 Å². The van der Waals surface area contributed by atoms with Crippen molar-refractivity contribution in [3.63, 3.8) is 0 Å². The van der Waals surface area contributed by atoms with Gasteiger partial charge in [-0.3, -0.25) is 25.3 Å². The summed E-state index contributed by atoms with van der Waals surface area (Å²) in [5, 5.41) is 37.2. The van der Waals surface area contributed by atoms with Crippen LogP contribution in [0.25, 0.3) is 0 Å². The molecule has 28 heavy (non-hydrogen) atoms. The van der Waals surface area contributed by atoms with Crippen LogP contribution in [0.5, 0.6) is 11.5 Å². The number of nitrogens with zero attached hydrogens (tertiary/aromatic N) is 1. The molecule has 0 amide bonds. The van der Waals surface area contributed by atoms with Crippen molar-refractivity contribution in [1.29, 1.82) is 10.8 Å². The molecule has 0 aromatic heterocycles. The number of rotatable bonds is 6. The second-order valence-electron chi connectivity index (χ2n) is 6.60. The molecule has 0 bridgehead atoms. The van der Waals surface area contributed by atoms with Gasteiger partial charge < -0.3 is 10.2 Å². The van der Waals surface area contributed by atoms with Crippen LogP contribution in [-0.2, 0) is 4.79 Å². The molecule has 0 radical (unpaired) electrons. The minimum absolute atomic E-state index is 0.0656. The third kappa shape index (κ3) is 4.09. The van der Waals surface area contributed by atoms with Crippen molar-refractivity contribution in [2.24, 2.45) is 0 Å². The van der Waals surface area contributed by atoms with E-state index in [9.17, 15) is 19.8 Å². The average molecular weight is 381 g/mol. The van der Waals surface area contributed by atoms with Crippen LogP contribution in [0.2, 0.25) is 0 Å². The van der Waals surface area contributed by atoms with Gasteiger partial charge in [0.2, 0.25) is 0 Å². The smallest absolute Gasteiger partial charge is 0.197 e. The minimum atomic E-state index is -0.480. The Labute approximate surface area is 163 Å². The normalized spacial score (nSPS) is 10.6. The highest BCUT2D eigenvalue weighted by Crippen LogP contribution is 2.33. The van der Waals surface area contributed by atoms with Crippen molar-refractivity contribution >= 4 is 29.4 Å². The highest BCUT2D eigenvalue weighted by atomic mass is 16.3. The van der Waals surface area contributed by atoms with Gasteiger partial charge in [0.25, 0.3) is 0 Å². The third-order valence-corrected chi connectivity index (χ3v) is 4.34. The molecular weight excluding hydrogens is 358 g/mol. The zero-order valence-electron chi connectivity index (χ0n) is 16.0. The second-order valence-corrected chi connectivity index (χ2v) is 6.60. The van der Waals surface area contributed by atoms with Crippen LogP contribution in [0.3, 0.4) is 0 Å². The minimum Gasteiger partial charge on any atom is -0.508 e. The molecule has 0 heterocycles. The fraction of sp³-hybridized carbons (Fsp3) is 0.238. The number of phenolic OH excluding ortho intramolecular Hbond substituents is 2. The Kier molecular flexibility index (Phi) is 6.30. The van der Waals surface area contributed by atoms with E-state index < -0.39 is 11.6 Å². The van der Waals surface area contributed by atoms with Crippen molar-refractivity contribution in [3.8, 4) is 11.5 Å². The molecule has 7 heteroatoms. The summed E-state index contributed by atoms with van der Waals surface area (Å²) in [5.74, 6) is -1.69. The lowest BCUT2D eigenvalue weighted by Crippen LogP contribution is -2.41. The summed E-state index contributed by atoms with van der Waals surface area (Å²) >= 11 is 0. The second kappa shape index (κ2) is 8.47. The van der Waals surface area contributed by atoms with Gasteiger partial charge in [-0.2, -0.15) is 0 Å². The van der Waals surface area contributed by atoms with Crippen molar-refractivity contribution in [1.82, 2.24) is 0 Å². The van der Waals surface area contributed by atoms with Gasteiger partial charge in [0.05, 0.1) is 5.56 Å². The maximum absolute atomic E-state index is 12.2. The van der Waals surface area contributed by atoms with Gasteiger partial charge in [0, 0.05) is 23.7 Å². The number of carbonyl (C=O) groups is 2. The number of hydrogen-bond donors (Lipinski definition) is 4. The fourth-order valence-electron chi connectivity index (χ4n) is 2.73. The summed E-state index contributed by atoms with van der Waals surface area (Å²) in [6.45, 7) is 5.33. The SMILES string of the molecule is CCC(=O)C(=N)N(C(=N)c1cc(C(C)C)c(O)cc1O)c1ccc(C=O)cc1. The molecule has 146 valence electrons. The van der Waals surface area contributed by atoms with E-state index in [4.69, 9.17) is 10.8 Å². The fourth-order valence-corrected chi connectivity index (χ4v) is 2.73. The molecule has 0 atom stereocenters. The van der Waals surface area contributed by atoms with Crippen LogP contribution >= 0.6 is 0 Å². The predicted molar refractivity (Wildman–Crippen MR) is 108 cm³/mol. The van der Waals surface area contributed by atoms with Crippen LogP contribution < -0.4 is 4.90 Å². The molecule has 0 spiro atoms. The lowest BCUT2D eigenvalue weighted by Gasteiger charge is -2.26. The van der Waals surface area contributed by atoms with E-state index in [0.717, 1.165) is 11.0 Å². The van der Waals surface area contributed by atoms with E-state index in [0.29, 0.717) is 23.1 Å². The topological polar surface area (TPSA) is 126 Å². The maximum atomic E-state index is 12.2.